The third-order valence-corrected chi connectivity index (χ3v) is 5.46. The van der Waals surface area contributed by atoms with Crippen LogP contribution in [0.2, 0.25) is 0 Å². The van der Waals surface area contributed by atoms with Crippen LogP contribution in [0.15, 0.2) is 41.3 Å². The summed E-state index contributed by atoms with van der Waals surface area (Å²) in [6, 6.07) is 6.70. The minimum atomic E-state index is -0.973. The van der Waals surface area contributed by atoms with Gasteiger partial charge in [0.2, 0.25) is 0 Å². The molecule has 0 spiro atoms. The lowest BCUT2D eigenvalue weighted by Gasteiger charge is -2.16. The molecular weight excluding hydrogens is 415 g/mol. The molecule has 162 valence electrons. The van der Waals surface area contributed by atoms with Gasteiger partial charge in [0.1, 0.15) is 22.7 Å². The van der Waals surface area contributed by atoms with Crippen LogP contribution in [0.4, 0.5) is 18.9 Å². The molecule has 1 atom stereocenters. The summed E-state index contributed by atoms with van der Waals surface area (Å²) >= 11 is 0.927. The molecule has 2 aromatic rings. The van der Waals surface area contributed by atoms with Crippen LogP contribution in [0, 0.1) is 17.5 Å². The number of esters is 1. The molecule has 0 bridgehead atoms. The van der Waals surface area contributed by atoms with Crippen molar-refractivity contribution in [1.29, 1.82) is 0 Å². The van der Waals surface area contributed by atoms with E-state index >= 15 is 0 Å². The molecule has 0 saturated heterocycles. The molecule has 8 heteroatoms. The van der Waals surface area contributed by atoms with Crippen molar-refractivity contribution in [3.8, 4) is 0 Å². The van der Waals surface area contributed by atoms with Crippen LogP contribution >= 0.6 is 11.8 Å². The van der Waals surface area contributed by atoms with E-state index in [9.17, 15) is 22.8 Å². The molecule has 0 aliphatic rings. The number of benzene rings is 2. The first-order valence-electron chi connectivity index (χ1n) is 9.75. The Morgan fingerprint density at radius 1 is 1.07 bits per heavy atom. The molecule has 0 heterocycles. The van der Waals surface area contributed by atoms with Crippen LogP contribution in [-0.4, -0.2) is 23.7 Å². The fourth-order valence-electron chi connectivity index (χ4n) is 2.59. The summed E-state index contributed by atoms with van der Waals surface area (Å²) < 4.78 is 47.1. The second-order valence-corrected chi connectivity index (χ2v) is 7.89. The van der Waals surface area contributed by atoms with Crippen molar-refractivity contribution in [1.82, 2.24) is 0 Å². The quantitative estimate of drug-likeness (QED) is 0.282. The van der Waals surface area contributed by atoms with Gasteiger partial charge in [-0.1, -0.05) is 32.8 Å². The zero-order chi connectivity index (χ0) is 22.1. The van der Waals surface area contributed by atoms with Gasteiger partial charge in [-0.15, -0.1) is 11.8 Å². The first kappa shape index (κ1) is 23.8. The second kappa shape index (κ2) is 11.6. The maximum atomic E-state index is 14.3. The molecule has 0 radical (unpaired) electrons. The lowest BCUT2D eigenvalue weighted by molar-refractivity contribution is -0.143. The molecule has 0 aliphatic heterocycles. The Kier molecular flexibility index (Phi) is 9.23. The van der Waals surface area contributed by atoms with Crippen molar-refractivity contribution < 1.29 is 27.5 Å². The third kappa shape index (κ3) is 6.79. The van der Waals surface area contributed by atoms with Gasteiger partial charge in [-0.05, 0) is 37.1 Å². The Labute approximate surface area is 178 Å². The van der Waals surface area contributed by atoms with Crippen molar-refractivity contribution in [3.63, 3.8) is 0 Å². The van der Waals surface area contributed by atoms with Crippen molar-refractivity contribution in [3.05, 3.63) is 59.4 Å². The predicted molar refractivity (Wildman–Crippen MR) is 111 cm³/mol. The van der Waals surface area contributed by atoms with Gasteiger partial charge in [-0.3, -0.25) is 9.59 Å². The van der Waals surface area contributed by atoms with Gasteiger partial charge < -0.3 is 10.1 Å². The summed E-state index contributed by atoms with van der Waals surface area (Å²) in [5, 5.41) is 1.67. The maximum absolute atomic E-state index is 14.3. The molecule has 1 unspecified atom stereocenters. The van der Waals surface area contributed by atoms with E-state index in [4.69, 9.17) is 4.74 Å². The van der Waals surface area contributed by atoms with Crippen LogP contribution < -0.4 is 5.32 Å². The monoisotopic (exact) mass is 439 g/mol. The van der Waals surface area contributed by atoms with Crippen molar-refractivity contribution in [2.24, 2.45) is 0 Å². The molecule has 1 N–H and O–H groups in total. The minimum absolute atomic E-state index is 0.00344. The maximum Gasteiger partial charge on any atom is 0.319 e. The average Bonchev–Trinajstić information content (AvgIpc) is 2.71. The highest BCUT2D eigenvalue weighted by atomic mass is 32.2. The number of thioether (sulfide) groups is 1. The lowest BCUT2D eigenvalue weighted by atomic mass is 10.2. The van der Waals surface area contributed by atoms with E-state index in [-0.39, 0.29) is 22.8 Å². The van der Waals surface area contributed by atoms with E-state index in [0.29, 0.717) is 18.9 Å². The molecule has 0 aromatic heterocycles. The van der Waals surface area contributed by atoms with Gasteiger partial charge in [0, 0.05) is 16.5 Å². The highest BCUT2D eigenvalue weighted by molar-refractivity contribution is 8.00. The number of hydrogen-bond acceptors (Lipinski definition) is 4. The Hall–Kier alpha value is -2.48. The molecule has 4 nitrogen and oxygen atoms in total. The van der Waals surface area contributed by atoms with E-state index in [1.165, 1.54) is 18.2 Å². The number of ether oxygens (including phenoxy) is 1. The summed E-state index contributed by atoms with van der Waals surface area (Å²) in [4.78, 5) is 24.6. The average molecular weight is 439 g/mol. The summed E-state index contributed by atoms with van der Waals surface area (Å²) in [5.41, 5.74) is -0.265. The largest absolute Gasteiger partial charge is 0.465 e. The number of carbonyl (C=O) groups is 2. The van der Waals surface area contributed by atoms with Crippen molar-refractivity contribution in [2.75, 3.05) is 11.9 Å². The fourth-order valence-corrected chi connectivity index (χ4v) is 3.77. The van der Waals surface area contributed by atoms with Crippen LogP contribution in [-0.2, 0) is 9.53 Å². The molecule has 1 amide bonds. The first-order chi connectivity index (χ1) is 14.3. The number of unbranched alkanes of at least 4 members (excludes halogenated alkanes) is 1. The Morgan fingerprint density at radius 2 is 1.83 bits per heavy atom. The summed E-state index contributed by atoms with van der Waals surface area (Å²) in [6.45, 7) is 4.15. The smallest absolute Gasteiger partial charge is 0.319 e. The molecule has 0 fully saturated rings. The number of rotatable bonds is 10. The minimum Gasteiger partial charge on any atom is -0.465 e. The number of halogens is 3. The molecule has 30 heavy (non-hydrogen) atoms. The normalized spacial score (nSPS) is 11.8. The molecule has 2 aromatic carbocycles. The molecule has 0 aliphatic carbocycles. The van der Waals surface area contributed by atoms with Crippen LogP contribution in [0.5, 0.6) is 0 Å². The van der Waals surface area contributed by atoms with Crippen molar-refractivity contribution in [2.45, 2.75) is 49.7 Å². The molecular formula is C22H24F3NO3S. The predicted octanol–water partition coefficient (Wildman–Crippen LogP) is 5.96. The molecule has 2 rings (SSSR count). The standard InChI is InChI=1S/C22H24F3NO3S/c1-3-5-10-29-22(28)19(7-4-2)30-20-13-18(16(24)12-17(20)25)26-21(27)14-8-6-9-15(23)11-14/h6,8-9,11-13,19H,3-5,7,10H2,1-2H3,(H,26,27). The van der Waals surface area contributed by atoms with E-state index in [1.54, 1.807) is 0 Å². The summed E-state index contributed by atoms with van der Waals surface area (Å²) in [7, 11) is 0. The second-order valence-electron chi connectivity index (χ2n) is 6.64. The van der Waals surface area contributed by atoms with E-state index in [1.807, 2.05) is 13.8 Å². The highest BCUT2D eigenvalue weighted by Gasteiger charge is 2.23. The van der Waals surface area contributed by atoms with E-state index < -0.39 is 34.6 Å². The number of anilines is 1. The van der Waals surface area contributed by atoms with E-state index in [2.05, 4.69) is 5.32 Å². The number of amides is 1. The third-order valence-electron chi connectivity index (χ3n) is 4.18. The summed E-state index contributed by atoms with van der Waals surface area (Å²) in [5.74, 6) is -3.62. The zero-order valence-corrected chi connectivity index (χ0v) is 17.7. The van der Waals surface area contributed by atoms with Gasteiger partial charge in [0.05, 0.1) is 12.3 Å². The van der Waals surface area contributed by atoms with Gasteiger partial charge in [0.15, 0.2) is 0 Å². The number of carbonyl (C=O) groups excluding carboxylic acids is 2. The van der Waals surface area contributed by atoms with Crippen molar-refractivity contribution >= 4 is 29.3 Å². The Bertz CT molecular complexity index is 892. The molecule has 0 saturated carbocycles. The first-order valence-corrected chi connectivity index (χ1v) is 10.6. The van der Waals surface area contributed by atoms with E-state index in [0.717, 1.165) is 36.7 Å². The van der Waals surface area contributed by atoms with Crippen LogP contribution in [0.1, 0.15) is 49.9 Å². The van der Waals surface area contributed by atoms with Gasteiger partial charge >= 0.3 is 5.97 Å². The number of hydrogen-bond donors (Lipinski definition) is 1. The highest BCUT2D eigenvalue weighted by Crippen LogP contribution is 2.33. The van der Waals surface area contributed by atoms with Gasteiger partial charge in [0.25, 0.3) is 5.91 Å². The Morgan fingerprint density at radius 3 is 2.50 bits per heavy atom. The van der Waals surface area contributed by atoms with Gasteiger partial charge in [-0.2, -0.15) is 0 Å². The topological polar surface area (TPSA) is 55.4 Å². The van der Waals surface area contributed by atoms with Crippen LogP contribution in [0.3, 0.4) is 0 Å². The SMILES string of the molecule is CCCCOC(=O)C(CCC)Sc1cc(NC(=O)c2cccc(F)c2)c(F)cc1F. The Balaban J connectivity index is 2.19. The lowest BCUT2D eigenvalue weighted by Crippen LogP contribution is -2.21. The fraction of sp³-hybridized carbons (Fsp3) is 0.364. The zero-order valence-electron chi connectivity index (χ0n) is 16.8. The number of nitrogens with one attached hydrogen (secondary N) is 1. The van der Waals surface area contributed by atoms with Gasteiger partial charge in [-0.25, -0.2) is 13.2 Å². The summed E-state index contributed by atoms with van der Waals surface area (Å²) in [6.07, 6.45) is 2.74. The van der Waals surface area contributed by atoms with Crippen LogP contribution in [0.25, 0.3) is 0 Å².